The molecule has 0 spiro atoms. The van der Waals surface area contributed by atoms with Gasteiger partial charge in [-0.2, -0.15) is 4.31 Å². The third-order valence-corrected chi connectivity index (χ3v) is 7.31. The van der Waals surface area contributed by atoms with Gasteiger partial charge in [0.15, 0.2) is 0 Å². The first-order chi connectivity index (χ1) is 12.7. The number of aromatic amines is 2. The van der Waals surface area contributed by atoms with Crippen LogP contribution in [0, 0.1) is 0 Å². The summed E-state index contributed by atoms with van der Waals surface area (Å²) in [6, 6.07) is 0.253. The van der Waals surface area contributed by atoms with E-state index in [-0.39, 0.29) is 33.8 Å². The smallest absolute Gasteiger partial charge is 0.327 e. The molecule has 0 saturated carbocycles. The molecule has 1 amide bonds. The molecule has 12 heteroatoms. The van der Waals surface area contributed by atoms with E-state index in [0.29, 0.717) is 5.75 Å². The summed E-state index contributed by atoms with van der Waals surface area (Å²) in [6.07, 6.45) is 1.80. The van der Waals surface area contributed by atoms with Crippen molar-refractivity contribution in [1.82, 2.24) is 24.6 Å². The van der Waals surface area contributed by atoms with Crippen molar-refractivity contribution >= 4 is 38.7 Å². The number of hydrogen-bond donors (Lipinski definition) is 3. The normalized spacial score (nSPS) is 19.3. The van der Waals surface area contributed by atoms with Crippen LogP contribution in [0.5, 0.6) is 0 Å². The Kier molecular flexibility index (Phi) is 5.40. The zero-order valence-electron chi connectivity index (χ0n) is 14.7. The minimum Gasteiger partial charge on any atom is -0.352 e. The molecule has 1 aliphatic rings. The molecule has 2 aromatic rings. The number of pyridine rings is 1. The van der Waals surface area contributed by atoms with Gasteiger partial charge in [0.05, 0.1) is 11.3 Å². The monoisotopic (exact) mass is 413 g/mol. The third-order valence-electron chi connectivity index (χ3n) is 4.32. The zero-order chi connectivity index (χ0) is 19.8. The maximum atomic E-state index is 13.0. The number of fused-ring (bicyclic) bond motifs is 1. The third kappa shape index (κ3) is 3.77. The molecule has 0 aliphatic carbocycles. The fraction of sp³-hybridized carbons (Fsp3) is 0.467. The molecule has 0 bridgehead atoms. The number of carbonyl (C=O) groups is 1. The molecule has 3 rings (SSSR count). The Hall–Kier alpha value is -2.18. The number of sulfonamides is 1. The Morgan fingerprint density at radius 1 is 1.44 bits per heavy atom. The molecule has 0 radical (unpaired) electrons. The molecule has 2 aromatic heterocycles. The predicted octanol–water partition coefficient (Wildman–Crippen LogP) is -0.410. The maximum absolute atomic E-state index is 13.0. The van der Waals surface area contributed by atoms with Gasteiger partial charge in [-0.3, -0.25) is 19.6 Å². The average molecular weight is 413 g/mol. The highest BCUT2D eigenvalue weighted by Crippen LogP contribution is 2.28. The zero-order valence-corrected chi connectivity index (χ0v) is 16.3. The van der Waals surface area contributed by atoms with Crippen LogP contribution in [-0.2, 0) is 14.8 Å². The van der Waals surface area contributed by atoms with Crippen molar-refractivity contribution in [3.05, 3.63) is 33.1 Å². The Bertz CT molecular complexity index is 1090. The van der Waals surface area contributed by atoms with Crippen LogP contribution in [0.1, 0.15) is 20.3 Å². The second kappa shape index (κ2) is 7.44. The van der Waals surface area contributed by atoms with Crippen LogP contribution < -0.4 is 16.6 Å². The SMILES string of the molecule is CCC(C)NC(=O)C1CSCN1S(=O)(=O)c1cnc2[nH]c(=O)[nH]c(=O)c2c1. The number of nitrogens with zero attached hydrogens (tertiary/aromatic N) is 2. The van der Waals surface area contributed by atoms with Crippen molar-refractivity contribution in [2.75, 3.05) is 11.6 Å². The molecule has 10 nitrogen and oxygen atoms in total. The minimum absolute atomic E-state index is 0.00967. The topological polar surface area (TPSA) is 145 Å². The molecule has 1 aliphatic heterocycles. The number of H-pyrrole nitrogens is 2. The lowest BCUT2D eigenvalue weighted by molar-refractivity contribution is -0.124. The van der Waals surface area contributed by atoms with Crippen LogP contribution in [0.25, 0.3) is 11.0 Å². The Labute approximate surface area is 158 Å². The van der Waals surface area contributed by atoms with E-state index in [2.05, 4.69) is 15.3 Å². The molecular formula is C15H19N5O5S2. The number of aromatic nitrogens is 3. The molecule has 0 aromatic carbocycles. The summed E-state index contributed by atoms with van der Waals surface area (Å²) in [5.74, 6) is 0.117. The van der Waals surface area contributed by atoms with E-state index in [9.17, 15) is 22.8 Å². The van der Waals surface area contributed by atoms with Crippen molar-refractivity contribution < 1.29 is 13.2 Å². The molecule has 27 heavy (non-hydrogen) atoms. The predicted molar refractivity (Wildman–Crippen MR) is 101 cm³/mol. The van der Waals surface area contributed by atoms with Crippen LogP contribution in [-0.4, -0.2) is 57.3 Å². The highest BCUT2D eigenvalue weighted by Gasteiger charge is 2.40. The van der Waals surface area contributed by atoms with Gasteiger partial charge in [-0.15, -0.1) is 11.8 Å². The number of thioether (sulfide) groups is 1. The fourth-order valence-electron chi connectivity index (χ4n) is 2.62. The van der Waals surface area contributed by atoms with E-state index >= 15 is 0 Å². The van der Waals surface area contributed by atoms with Crippen LogP contribution in [0.3, 0.4) is 0 Å². The summed E-state index contributed by atoms with van der Waals surface area (Å²) in [4.78, 5) is 43.7. The minimum atomic E-state index is -4.05. The van der Waals surface area contributed by atoms with Crippen molar-refractivity contribution in [2.45, 2.75) is 37.2 Å². The lowest BCUT2D eigenvalue weighted by Gasteiger charge is -2.24. The van der Waals surface area contributed by atoms with Crippen molar-refractivity contribution in [3.8, 4) is 0 Å². The second-order valence-corrected chi connectivity index (χ2v) is 9.09. The van der Waals surface area contributed by atoms with Gasteiger partial charge in [0, 0.05) is 18.0 Å². The Balaban J connectivity index is 1.98. The van der Waals surface area contributed by atoms with E-state index in [4.69, 9.17) is 0 Å². The van der Waals surface area contributed by atoms with Gasteiger partial charge in [0.25, 0.3) is 5.56 Å². The van der Waals surface area contributed by atoms with E-state index in [1.807, 2.05) is 18.8 Å². The Morgan fingerprint density at radius 3 is 2.89 bits per heavy atom. The van der Waals surface area contributed by atoms with Gasteiger partial charge < -0.3 is 5.32 Å². The Morgan fingerprint density at radius 2 is 2.19 bits per heavy atom. The number of hydrogen-bond acceptors (Lipinski definition) is 7. The quantitative estimate of drug-likeness (QED) is 0.604. The summed E-state index contributed by atoms with van der Waals surface area (Å²) in [7, 11) is -4.05. The standard InChI is InChI=1S/C15H19N5O5S2/c1-3-8(2)17-14(22)11-6-26-7-20(11)27(24,25)9-4-10-12(16-5-9)18-15(23)19-13(10)21/h4-5,8,11H,3,6-7H2,1-2H3,(H,17,22)(H2,16,18,19,21,23). The number of carbonyl (C=O) groups excluding carboxylic acids is 1. The number of amides is 1. The van der Waals surface area contributed by atoms with Gasteiger partial charge in [-0.25, -0.2) is 18.2 Å². The molecule has 1 fully saturated rings. The van der Waals surface area contributed by atoms with Crippen molar-refractivity contribution in [3.63, 3.8) is 0 Å². The number of rotatable bonds is 5. The molecule has 2 atom stereocenters. The van der Waals surface area contributed by atoms with E-state index in [1.165, 1.54) is 11.8 Å². The van der Waals surface area contributed by atoms with Gasteiger partial charge in [0.1, 0.15) is 16.6 Å². The molecule has 3 N–H and O–H groups in total. The first-order valence-corrected chi connectivity index (χ1v) is 10.9. The van der Waals surface area contributed by atoms with Gasteiger partial charge in [-0.1, -0.05) is 6.92 Å². The first-order valence-electron chi connectivity index (χ1n) is 8.26. The molecular weight excluding hydrogens is 394 g/mol. The molecule has 1 saturated heterocycles. The van der Waals surface area contributed by atoms with Gasteiger partial charge in [0.2, 0.25) is 15.9 Å². The van der Waals surface area contributed by atoms with Gasteiger partial charge >= 0.3 is 5.69 Å². The van der Waals surface area contributed by atoms with Crippen molar-refractivity contribution in [1.29, 1.82) is 0 Å². The first kappa shape index (κ1) is 19.6. The van der Waals surface area contributed by atoms with E-state index < -0.39 is 27.3 Å². The maximum Gasteiger partial charge on any atom is 0.327 e. The van der Waals surface area contributed by atoms with Crippen LogP contribution >= 0.6 is 11.8 Å². The summed E-state index contributed by atoms with van der Waals surface area (Å²) >= 11 is 1.33. The highest BCUT2D eigenvalue weighted by atomic mass is 32.2. The lowest BCUT2D eigenvalue weighted by atomic mass is 10.2. The second-order valence-electron chi connectivity index (χ2n) is 6.20. The van der Waals surface area contributed by atoms with E-state index in [1.54, 1.807) is 0 Å². The van der Waals surface area contributed by atoms with Crippen molar-refractivity contribution in [2.24, 2.45) is 0 Å². The summed E-state index contributed by atoms with van der Waals surface area (Å²) < 4.78 is 27.2. The van der Waals surface area contributed by atoms with E-state index in [0.717, 1.165) is 23.0 Å². The fourth-order valence-corrected chi connectivity index (χ4v) is 5.74. The summed E-state index contributed by atoms with van der Waals surface area (Å²) in [6.45, 7) is 3.77. The average Bonchev–Trinajstić information content (AvgIpc) is 3.11. The molecule has 146 valence electrons. The van der Waals surface area contributed by atoms with Crippen LogP contribution in [0.4, 0.5) is 0 Å². The van der Waals surface area contributed by atoms with Gasteiger partial charge in [-0.05, 0) is 19.4 Å². The van der Waals surface area contributed by atoms with Crippen LogP contribution in [0.15, 0.2) is 26.7 Å². The molecule has 3 heterocycles. The highest BCUT2D eigenvalue weighted by molar-refractivity contribution is 8.00. The lowest BCUT2D eigenvalue weighted by Crippen LogP contribution is -2.49. The summed E-state index contributed by atoms with van der Waals surface area (Å²) in [5.41, 5.74) is -1.47. The largest absolute Gasteiger partial charge is 0.352 e. The van der Waals surface area contributed by atoms with Crippen LogP contribution in [0.2, 0.25) is 0 Å². The molecule has 2 unspecified atom stereocenters. The summed E-state index contributed by atoms with van der Waals surface area (Å²) in [5, 5.41) is 2.75. The number of nitrogens with one attached hydrogen (secondary N) is 3.